The summed E-state index contributed by atoms with van der Waals surface area (Å²) < 4.78 is 4.95. The van der Waals surface area contributed by atoms with Gasteiger partial charge in [-0.2, -0.15) is 0 Å². The molecule has 2 rings (SSSR count). The molecule has 0 aliphatic carbocycles. The van der Waals surface area contributed by atoms with Crippen LogP contribution in [0.2, 0.25) is 0 Å². The SMILES string of the molecule is CNc1ccc(C(=O)Oc2c[c]c([N+](=O)[O-])cc2[N+](=O)[O-])cc1. The molecule has 2 aromatic carbocycles. The van der Waals surface area contributed by atoms with Crippen LogP contribution in [0.5, 0.6) is 5.75 Å². The van der Waals surface area contributed by atoms with Crippen LogP contribution in [0.1, 0.15) is 10.4 Å². The van der Waals surface area contributed by atoms with E-state index in [-0.39, 0.29) is 5.56 Å². The van der Waals surface area contributed by atoms with Crippen molar-refractivity contribution in [2.45, 2.75) is 0 Å². The highest BCUT2D eigenvalue weighted by atomic mass is 16.6. The number of benzene rings is 2. The van der Waals surface area contributed by atoms with Crippen LogP contribution >= 0.6 is 0 Å². The third-order valence-electron chi connectivity index (χ3n) is 2.88. The molecule has 0 aliphatic heterocycles. The highest BCUT2D eigenvalue weighted by Gasteiger charge is 2.23. The van der Waals surface area contributed by atoms with Crippen molar-refractivity contribution >= 4 is 23.0 Å². The third-order valence-corrected chi connectivity index (χ3v) is 2.88. The van der Waals surface area contributed by atoms with Gasteiger partial charge in [-0.3, -0.25) is 20.2 Å². The number of carbonyl (C=O) groups excluding carboxylic acids is 1. The Morgan fingerprint density at radius 1 is 1.17 bits per heavy atom. The van der Waals surface area contributed by atoms with Gasteiger partial charge in [0.25, 0.3) is 5.69 Å². The van der Waals surface area contributed by atoms with Crippen molar-refractivity contribution in [3.63, 3.8) is 0 Å². The zero-order valence-corrected chi connectivity index (χ0v) is 11.8. The van der Waals surface area contributed by atoms with Gasteiger partial charge in [0.15, 0.2) is 0 Å². The van der Waals surface area contributed by atoms with Crippen LogP contribution in [-0.2, 0) is 0 Å². The topological polar surface area (TPSA) is 125 Å². The van der Waals surface area contributed by atoms with E-state index in [1.54, 1.807) is 19.2 Å². The number of esters is 1. The lowest BCUT2D eigenvalue weighted by atomic mass is 10.2. The van der Waals surface area contributed by atoms with Crippen LogP contribution in [0.15, 0.2) is 36.4 Å². The highest BCUT2D eigenvalue weighted by molar-refractivity contribution is 5.92. The van der Waals surface area contributed by atoms with Crippen LogP contribution in [0, 0.1) is 26.3 Å². The Morgan fingerprint density at radius 2 is 1.83 bits per heavy atom. The summed E-state index contributed by atoms with van der Waals surface area (Å²) in [5.74, 6) is -1.23. The Balaban J connectivity index is 2.29. The van der Waals surface area contributed by atoms with Gasteiger partial charge in [0.2, 0.25) is 5.75 Å². The molecule has 0 atom stereocenters. The summed E-state index contributed by atoms with van der Waals surface area (Å²) in [7, 11) is 1.71. The van der Waals surface area contributed by atoms with Crippen LogP contribution in [-0.4, -0.2) is 22.9 Å². The molecule has 1 N–H and O–H groups in total. The van der Waals surface area contributed by atoms with Crippen molar-refractivity contribution in [1.29, 1.82) is 0 Å². The zero-order valence-electron chi connectivity index (χ0n) is 11.8. The fourth-order valence-electron chi connectivity index (χ4n) is 1.72. The van der Waals surface area contributed by atoms with E-state index in [1.807, 2.05) is 0 Å². The molecule has 0 aromatic heterocycles. The smallest absolute Gasteiger partial charge is 0.343 e. The van der Waals surface area contributed by atoms with Crippen LogP contribution in [0.25, 0.3) is 0 Å². The minimum absolute atomic E-state index is 0.177. The second kappa shape index (κ2) is 6.52. The summed E-state index contributed by atoms with van der Waals surface area (Å²) in [6, 6.07) is 10.0. The summed E-state index contributed by atoms with van der Waals surface area (Å²) in [5, 5.41) is 24.5. The predicted molar refractivity (Wildman–Crippen MR) is 79.5 cm³/mol. The molecular weight excluding hydrogens is 306 g/mol. The fraction of sp³-hybridized carbons (Fsp3) is 0.0714. The average molecular weight is 316 g/mol. The molecule has 0 aliphatic rings. The van der Waals surface area contributed by atoms with Gasteiger partial charge in [-0.05, 0) is 24.3 Å². The molecule has 0 unspecified atom stereocenters. The number of anilines is 1. The largest absolute Gasteiger partial charge is 0.416 e. The van der Waals surface area contributed by atoms with E-state index in [4.69, 9.17) is 4.74 Å². The number of rotatable bonds is 5. The molecule has 2 aromatic rings. The Morgan fingerprint density at radius 3 is 2.35 bits per heavy atom. The van der Waals surface area contributed by atoms with Crippen molar-refractivity contribution in [2.24, 2.45) is 0 Å². The first-order valence-electron chi connectivity index (χ1n) is 6.27. The van der Waals surface area contributed by atoms with Gasteiger partial charge in [0, 0.05) is 18.8 Å². The van der Waals surface area contributed by atoms with Gasteiger partial charge < -0.3 is 10.1 Å². The third kappa shape index (κ3) is 3.59. The molecule has 9 heteroatoms. The first-order valence-corrected chi connectivity index (χ1v) is 6.27. The summed E-state index contributed by atoms with van der Waals surface area (Å²) in [6.07, 6.45) is 0. The van der Waals surface area contributed by atoms with Gasteiger partial charge >= 0.3 is 11.7 Å². The molecule has 0 bridgehead atoms. The molecule has 0 amide bonds. The minimum atomic E-state index is -0.868. The second-order valence-corrected chi connectivity index (χ2v) is 4.30. The lowest BCUT2D eigenvalue weighted by Gasteiger charge is -2.06. The van der Waals surface area contributed by atoms with E-state index in [2.05, 4.69) is 11.4 Å². The molecule has 1 radical (unpaired) electrons. The molecule has 0 heterocycles. The number of hydrogen-bond donors (Lipinski definition) is 1. The maximum atomic E-state index is 12.0. The summed E-state index contributed by atoms with van der Waals surface area (Å²) in [5.41, 5.74) is -0.321. The van der Waals surface area contributed by atoms with Crippen molar-refractivity contribution < 1.29 is 19.4 Å². The number of carbonyl (C=O) groups is 1. The molecule has 117 valence electrons. The van der Waals surface area contributed by atoms with Crippen molar-refractivity contribution in [3.8, 4) is 5.75 Å². The lowest BCUT2D eigenvalue weighted by Crippen LogP contribution is -2.10. The van der Waals surface area contributed by atoms with Gasteiger partial charge in [0.05, 0.1) is 27.5 Å². The molecule has 9 nitrogen and oxygen atoms in total. The number of nitro benzene ring substituents is 2. The number of non-ortho nitro benzene ring substituents is 1. The number of hydrogen-bond acceptors (Lipinski definition) is 7. The second-order valence-electron chi connectivity index (χ2n) is 4.30. The van der Waals surface area contributed by atoms with E-state index < -0.39 is 32.9 Å². The molecule has 0 saturated carbocycles. The van der Waals surface area contributed by atoms with E-state index in [9.17, 15) is 25.0 Å². The van der Waals surface area contributed by atoms with E-state index in [1.165, 1.54) is 12.1 Å². The van der Waals surface area contributed by atoms with Gasteiger partial charge in [-0.15, -0.1) is 0 Å². The predicted octanol–water partition coefficient (Wildman–Crippen LogP) is 2.56. The lowest BCUT2D eigenvalue weighted by molar-refractivity contribution is -0.394. The van der Waals surface area contributed by atoms with Gasteiger partial charge in [-0.1, -0.05) is 0 Å². The summed E-state index contributed by atoms with van der Waals surface area (Å²) in [6.45, 7) is 0. The number of nitrogens with one attached hydrogen (secondary N) is 1. The highest BCUT2D eigenvalue weighted by Crippen LogP contribution is 2.31. The first-order chi connectivity index (χ1) is 10.9. The molecule has 23 heavy (non-hydrogen) atoms. The molecular formula is C14H10N3O6. The van der Waals surface area contributed by atoms with Crippen molar-refractivity contribution in [2.75, 3.05) is 12.4 Å². The molecule has 0 spiro atoms. The number of nitro groups is 2. The fourth-order valence-corrected chi connectivity index (χ4v) is 1.72. The summed E-state index contributed by atoms with van der Waals surface area (Å²) >= 11 is 0. The quantitative estimate of drug-likeness (QED) is 0.389. The Kier molecular flexibility index (Phi) is 4.50. The zero-order chi connectivity index (χ0) is 17.0. The Bertz CT molecular complexity index is 773. The van der Waals surface area contributed by atoms with Crippen LogP contribution < -0.4 is 10.1 Å². The normalized spacial score (nSPS) is 9.96. The Labute approximate surface area is 129 Å². The molecule has 0 saturated heterocycles. The summed E-state index contributed by atoms with van der Waals surface area (Å²) in [4.78, 5) is 31.9. The monoisotopic (exact) mass is 316 g/mol. The van der Waals surface area contributed by atoms with E-state index in [0.717, 1.165) is 11.8 Å². The van der Waals surface area contributed by atoms with Gasteiger partial charge in [-0.25, -0.2) is 4.79 Å². The van der Waals surface area contributed by atoms with Gasteiger partial charge in [0.1, 0.15) is 0 Å². The maximum Gasteiger partial charge on any atom is 0.343 e. The van der Waals surface area contributed by atoms with E-state index in [0.29, 0.717) is 6.07 Å². The van der Waals surface area contributed by atoms with Crippen LogP contribution in [0.4, 0.5) is 17.1 Å². The Hall–Kier alpha value is -3.49. The van der Waals surface area contributed by atoms with Crippen molar-refractivity contribution in [3.05, 3.63) is 68.3 Å². The van der Waals surface area contributed by atoms with E-state index >= 15 is 0 Å². The maximum absolute atomic E-state index is 12.0. The minimum Gasteiger partial charge on any atom is -0.416 e. The standard InChI is InChI=1S/C14H10N3O6/c1-15-10-4-2-9(3-5-10)14(18)23-13-7-6-11(16(19)20)8-12(13)17(21)22/h2-5,7-8,15H,1H3. The average Bonchev–Trinajstić information content (AvgIpc) is 2.54. The number of ether oxygens (including phenoxy) is 1. The first kappa shape index (κ1) is 15.9. The van der Waals surface area contributed by atoms with Crippen molar-refractivity contribution in [1.82, 2.24) is 0 Å². The van der Waals surface area contributed by atoms with Crippen LogP contribution in [0.3, 0.4) is 0 Å². The molecule has 0 fully saturated rings. The number of nitrogens with zero attached hydrogens (tertiary/aromatic N) is 2.